The summed E-state index contributed by atoms with van der Waals surface area (Å²) in [5.74, 6) is -3.73. The normalized spacial score (nSPS) is 11.2. The number of para-hydroxylation sites is 1. The van der Waals surface area contributed by atoms with Crippen molar-refractivity contribution in [3.05, 3.63) is 24.3 Å². The van der Waals surface area contributed by atoms with E-state index in [0.717, 1.165) is 10.2 Å². The van der Waals surface area contributed by atoms with Gasteiger partial charge in [0.25, 0.3) is 0 Å². The van der Waals surface area contributed by atoms with E-state index in [-0.39, 0.29) is 64.9 Å². The summed E-state index contributed by atoms with van der Waals surface area (Å²) in [6.45, 7) is 0. The van der Waals surface area contributed by atoms with Gasteiger partial charge in [0, 0.05) is 23.6 Å². The fourth-order valence-electron chi connectivity index (χ4n) is 1.50. The minimum absolute atomic E-state index is 0. The van der Waals surface area contributed by atoms with E-state index >= 15 is 0 Å². The van der Waals surface area contributed by atoms with Crippen LogP contribution >= 0.6 is 23.1 Å². The van der Waals surface area contributed by atoms with E-state index in [1.54, 1.807) is 0 Å². The first-order valence-electron chi connectivity index (χ1n) is 5.45. The Balaban J connectivity index is 0.00000200. The molecule has 0 amide bonds. The molecule has 1 unspecified atom stereocenters. The molecule has 0 saturated heterocycles. The molecule has 1 heterocycles. The van der Waals surface area contributed by atoms with Crippen LogP contribution in [0.15, 0.2) is 28.6 Å². The maximum absolute atomic E-state index is 10.8. The number of hydrogen-bond donors (Lipinski definition) is 0. The summed E-state index contributed by atoms with van der Waals surface area (Å²) < 4.78 is 1.72. The SMILES string of the molecule is O=C([O-])CC(CSc1nc2ccccc2s1)C(=O)[O-].[Na+].[Na+]. The zero-order chi connectivity index (χ0) is 13.8. The Morgan fingerprint density at radius 3 is 2.48 bits per heavy atom. The summed E-state index contributed by atoms with van der Waals surface area (Å²) in [6.07, 6.45) is -0.541. The van der Waals surface area contributed by atoms with Crippen LogP contribution in [0.1, 0.15) is 6.42 Å². The number of aromatic nitrogens is 1. The molecule has 0 aliphatic carbocycles. The number of carboxylic acid groups (broad SMARTS) is 2. The van der Waals surface area contributed by atoms with Crippen LogP contribution in [0.4, 0.5) is 0 Å². The van der Waals surface area contributed by atoms with Crippen LogP contribution in [0.25, 0.3) is 10.2 Å². The fraction of sp³-hybridized carbons (Fsp3) is 0.250. The Labute approximate surface area is 174 Å². The standard InChI is InChI=1S/C12H11NO4S2.2Na/c14-10(15)5-7(11(16)17)6-18-12-13-8-3-1-2-4-9(8)19-12;;/h1-4,7H,5-6H2,(H,14,15)(H,16,17);;/q;2*+1/p-2. The molecule has 5 nitrogen and oxygen atoms in total. The fourth-order valence-corrected chi connectivity index (χ4v) is 3.66. The Morgan fingerprint density at radius 1 is 1.24 bits per heavy atom. The molecule has 2 rings (SSSR count). The molecule has 21 heavy (non-hydrogen) atoms. The summed E-state index contributed by atoms with van der Waals surface area (Å²) in [5, 5.41) is 21.2. The van der Waals surface area contributed by atoms with E-state index in [0.29, 0.717) is 4.34 Å². The number of nitrogens with zero attached hydrogens (tertiary/aromatic N) is 1. The molecule has 0 radical (unpaired) electrons. The van der Waals surface area contributed by atoms with Crippen LogP contribution in [0.2, 0.25) is 0 Å². The summed E-state index contributed by atoms with van der Waals surface area (Å²) in [6, 6.07) is 7.56. The van der Waals surface area contributed by atoms with Crippen LogP contribution in [0.5, 0.6) is 0 Å². The number of thioether (sulfide) groups is 1. The van der Waals surface area contributed by atoms with E-state index in [1.807, 2.05) is 24.3 Å². The molecule has 9 heteroatoms. The van der Waals surface area contributed by atoms with Gasteiger partial charge < -0.3 is 19.8 Å². The van der Waals surface area contributed by atoms with Gasteiger partial charge in [0.1, 0.15) is 0 Å². The van der Waals surface area contributed by atoms with Gasteiger partial charge in [-0.2, -0.15) is 0 Å². The molecule has 1 aromatic heterocycles. The van der Waals surface area contributed by atoms with Gasteiger partial charge >= 0.3 is 59.1 Å². The second-order valence-electron chi connectivity index (χ2n) is 3.85. The number of hydrogen-bond acceptors (Lipinski definition) is 7. The molecular weight excluding hydrogens is 332 g/mol. The van der Waals surface area contributed by atoms with Gasteiger partial charge in [0.15, 0.2) is 4.34 Å². The van der Waals surface area contributed by atoms with Gasteiger partial charge in [-0.1, -0.05) is 23.9 Å². The first kappa shape index (κ1) is 21.4. The van der Waals surface area contributed by atoms with E-state index in [4.69, 9.17) is 0 Å². The second-order valence-corrected chi connectivity index (χ2v) is 6.15. The summed E-state index contributed by atoms with van der Waals surface area (Å²) in [7, 11) is 0. The van der Waals surface area contributed by atoms with Crippen molar-refractivity contribution in [1.29, 1.82) is 0 Å². The largest absolute Gasteiger partial charge is 1.00 e. The molecule has 0 aliphatic heterocycles. The molecule has 2 aromatic rings. The van der Waals surface area contributed by atoms with Crippen LogP contribution in [0.3, 0.4) is 0 Å². The summed E-state index contributed by atoms with van der Waals surface area (Å²) in [5.41, 5.74) is 0.847. The van der Waals surface area contributed by atoms with Crippen LogP contribution in [-0.4, -0.2) is 22.7 Å². The average molecular weight is 341 g/mol. The smallest absolute Gasteiger partial charge is 0.550 e. The van der Waals surface area contributed by atoms with Gasteiger partial charge in [-0.25, -0.2) is 4.98 Å². The van der Waals surface area contributed by atoms with Crippen LogP contribution in [-0.2, 0) is 9.59 Å². The maximum Gasteiger partial charge on any atom is 1.00 e. The second kappa shape index (κ2) is 10.2. The third-order valence-electron chi connectivity index (χ3n) is 2.43. The zero-order valence-corrected chi connectivity index (χ0v) is 17.3. The maximum atomic E-state index is 10.8. The number of carbonyl (C=O) groups is 2. The number of carbonyl (C=O) groups excluding carboxylic acids is 2. The van der Waals surface area contributed by atoms with Gasteiger partial charge in [0.2, 0.25) is 0 Å². The Hall–Kier alpha value is 0.400. The molecule has 100 valence electrons. The summed E-state index contributed by atoms with van der Waals surface area (Å²) in [4.78, 5) is 25.6. The predicted molar refractivity (Wildman–Crippen MR) is 68.5 cm³/mol. The molecule has 0 spiro atoms. The quantitative estimate of drug-likeness (QED) is 0.384. The molecule has 0 bridgehead atoms. The van der Waals surface area contributed by atoms with Gasteiger partial charge in [-0.05, 0) is 18.6 Å². The summed E-state index contributed by atoms with van der Waals surface area (Å²) >= 11 is 2.67. The van der Waals surface area contributed by atoms with Crippen LogP contribution < -0.4 is 69.3 Å². The predicted octanol–water partition coefficient (Wildman–Crippen LogP) is -6.10. The zero-order valence-electron chi connectivity index (χ0n) is 11.7. The number of fused-ring (bicyclic) bond motifs is 1. The number of benzene rings is 1. The molecular formula is C12H9NNa2O4S2. The number of aliphatic carboxylic acids is 2. The third kappa shape index (κ3) is 6.58. The van der Waals surface area contributed by atoms with Gasteiger partial charge in [0.05, 0.1) is 10.2 Å². The minimum Gasteiger partial charge on any atom is -0.550 e. The molecule has 0 fully saturated rings. The Morgan fingerprint density at radius 2 is 1.90 bits per heavy atom. The third-order valence-corrected chi connectivity index (χ3v) is 4.77. The van der Waals surface area contributed by atoms with Crippen LogP contribution in [0, 0.1) is 5.92 Å². The van der Waals surface area contributed by atoms with Crippen molar-refractivity contribution in [1.82, 2.24) is 4.98 Å². The van der Waals surface area contributed by atoms with Crippen molar-refractivity contribution in [2.75, 3.05) is 5.75 Å². The van der Waals surface area contributed by atoms with E-state index < -0.39 is 24.3 Å². The van der Waals surface area contributed by atoms with E-state index in [1.165, 1.54) is 23.1 Å². The monoisotopic (exact) mass is 341 g/mol. The van der Waals surface area contributed by atoms with Crippen molar-refractivity contribution >= 4 is 45.3 Å². The molecule has 0 N–H and O–H groups in total. The van der Waals surface area contributed by atoms with Crippen molar-refractivity contribution in [2.45, 2.75) is 10.8 Å². The Kier molecular flexibility index (Phi) is 10.4. The molecule has 1 atom stereocenters. The van der Waals surface area contributed by atoms with Crippen molar-refractivity contribution in [2.24, 2.45) is 5.92 Å². The van der Waals surface area contributed by atoms with Crippen molar-refractivity contribution in [3.63, 3.8) is 0 Å². The first-order chi connectivity index (χ1) is 9.06. The first-order valence-corrected chi connectivity index (χ1v) is 7.25. The average Bonchev–Trinajstić information content (AvgIpc) is 2.76. The Bertz CT molecular complexity index is 587. The van der Waals surface area contributed by atoms with Crippen molar-refractivity contribution in [3.8, 4) is 0 Å². The molecule has 1 aromatic carbocycles. The topological polar surface area (TPSA) is 93.2 Å². The molecule has 0 aliphatic rings. The van der Waals surface area contributed by atoms with E-state index in [9.17, 15) is 19.8 Å². The number of thiazole rings is 1. The number of rotatable bonds is 6. The number of carboxylic acids is 2. The van der Waals surface area contributed by atoms with Crippen molar-refractivity contribution < 1.29 is 78.9 Å². The van der Waals surface area contributed by atoms with E-state index in [2.05, 4.69) is 4.98 Å². The minimum atomic E-state index is -1.39. The van der Waals surface area contributed by atoms with Gasteiger partial charge in [-0.15, -0.1) is 11.3 Å². The van der Waals surface area contributed by atoms with Gasteiger partial charge in [-0.3, -0.25) is 0 Å². The molecule has 0 saturated carbocycles.